The van der Waals surface area contributed by atoms with Gasteiger partial charge in [-0.15, -0.1) is 11.3 Å². The molecular formula is C13H17NOS. The van der Waals surface area contributed by atoms with Gasteiger partial charge in [0.15, 0.2) is 0 Å². The van der Waals surface area contributed by atoms with Gasteiger partial charge in [-0.1, -0.05) is 25.1 Å². The van der Waals surface area contributed by atoms with Crippen LogP contribution < -0.4 is 5.32 Å². The first kappa shape index (κ1) is 11.4. The smallest absolute Gasteiger partial charge is 0.0529 e. The average molecular weight is 235 g/mol. The molecule has 0 spiro atoms. The van der Waals surface area contributed by atoms with Gasteiger partial charge in [0.2, 0.25) is 0 Å². The fourth-order valence-electron chi connectivity index (χ4n) is 1.71. The van der Waals surface area contributed by atoms with Gasteiger partial charge >= 0.3 is 0 Å². The summed E-state index contributed by atoms with van der Waals surface area (Å²) in [5, 5.41) is 16.0. The lowest BCUT2D eigenvalue weighted by Crippen LogP contribution is -2.16. The number of aliphatic hydroxyl groups excluding tert-OH is 1. The first-order valence-corrected chi connectivity index (χ1v) is 6.54. The summed E-state index contributed by atoms with van der Waals surface area (Å²) in [5.74, 6) is 0.346. The third-order valence-electron chi connectivity index (χ3n) is 2.90. The molecule has 1 heterocycles. The Labute approximate surface area is 99.9 Å². The van der Waals surface area contributed by atoms with E-state index in [9.17, 15) is 0 Å². The van der Waals surface area contributed by atoms with Crippen LogP contribution in [0.1, 0.15) is 13.3 Å². The van der Waals surface area contributed by atoms with E-state index in [-0.39, 0.29) is 6.61 Å². The molecule has 0 aliphatic heterocycles. The number of benzene rings is 1. The number of hydrogen-bond donors (Lipinski definition) is 2. The van der Waals surface area contributed by atoms with Crippen molar-refractivity contribution in [3.05, 3.63) is 29.6 Å². The molecule has 2 nitrogen and oxygen atoms in total. The fourth-order valence-corrected chi connectivity index (χ4v) is 2.62. The maximum Gasteiger partial charge on any atom is 0.0529 e. The van der Waals surface area contributed by atoms with Gasteiger partial charge in [0.05, 0.1) is 5.69 Å². The van der Waals surface area contributed by atoms with E-state index in [2.05, 4.69) is 41.9 Å². The van der Waals surface area contributed by atoms with Crippen molar-refractivity contribution in [2.24, 2.45) is 5.92 Å². The molecule has 1 aromatic carbocycles. The van der Waals surface area contributed by atoms with E-state index in [4.69, 9.17) is 5.11 Å². The minimum atomic E-state index is 0.256. The molecular weight excluding hydrogens is 218 g/mol. The maximum atomic E-state index is 9.13. The lowest BCUT2D eigenvalue weighted by molar-refractivity contribution is 0.230. The van der Waals surface area contributed by atoms with Crippen molar-refractivity contribution in [3.8, 4) is 0 Å². The van der Waals surface area contributed by atoms with Gasteiger partial charge in [0.1, 0.15) is 0 Å². The molecule has 2 N–H and O–H groups in total. The number of rotatable bonds is 5. The normalized spacial score (nSPS) is 12.9. The zero-order valence-electron chi connectivity index (χ0n) is 9.44. The van der Waals surface area contributed by atoms with Crippen molar-refractivity contribution in [2.45, 2.75) is 13.3 Å². The summed E-state index contributed by atoms with van der Waals surface area (Å²) in [6.07, 6.45) is 1.01. The second-order valence-electron chi connectivity index (χ2n) is 3.98. The van der Waals surface area contributed by atoms with Gasteiger partial charge < -0.3 is 10.4 Å². The van der Waals surface area contributed by atoms with Crippen molar-refractivity contribution in [2.75, 3.05) is 18.5 Å². The zero-order valence-corrected chi connectivity index (χ0v) is 10.3. The lowest BCUT2D eigenvalue weighted by atomic mass is 10.1. The van der Waals surface area contributed by atoms with Crippen molar-refractivity contribution >= 4 is 27.1 Å². The predicted octanol–water partition coefficient (Wildman–Crippen LogP) is 3.33. The monoisotopic (exact) mass is 235 g/mol. The summed E-state index contributed by atoms with van der Waals surface area (Å²) < 4.78 is 1.31. The highest BCUT2D eigenvalue weighted by atomic mass is 32.1. The quantitative estimate of drug-likeness (QED) is 0.833. The van der Waals surface area contributed by atoms with Gasteiger partial charge in [-0.05, 0) is 18.4 Å². The molecule has 0 bridgehead atoms. The minimum Gasteiger partial charge on any atom is -0.396 e. The Morgan fingerprint density at radius 3 is 2.94 bits per heavy atom. The minimum absolute atomic E-state index is 0.256. The van der Waals surface area contributed by atoms with E-state index in [1.165, 1.54) is 15.8 Å². The Balaban J connectivity index is 2.09. The van der Waals surface area contributed by atoms with Gasteiger partial charge in [0.25, 0.3) is 0 Å². The van der Waals surface area contributed by atoms with E-state index in [0.717, 1.165) is 13.0 Å². The molecule has 2 rings (SSSR count). The van der Waals surface area contributed by atoms with Gasteiger partial charge in [0, 0.05) is 28.6 Å². The topological polar surface area (TPSA) is 32.3 Å². The maximum absolute atomic E-state index is 9.13. The first-order chi connectivity index (χ1) is 7.85. The van der Waals surface area contributed by atoms with Crippen LogP contribution in [0.2, 0.25) is 0 Å². The number of nitrogens with one attached hydrogen (secondary N) is 1. The third kappa shape index (κ3) is 2.36. The number of fused-ring (bicyclic) bond motifs is 1. The van der Waals surface area contributed by atoms with Crippen LogP contribution in [-0.4, -0.2) is 18.3 Å². The van der Waals surface area contributed by atoms with Crippen LogP contribution in [0.25, 0.3) is 10.1 Å². The molecule has 3 heteroatoms. The number of hydrogen-bond acceptors (Lipinski definition) is 3. The molecule has 2 aromatic rings. The largest absolute Gasteiger partial charge is 0.396 e. The second kappa shape index (κ2) is 5.32. The van der Waals surface area contributed by atoms with Gasteiger partial charge in [-0.25, -0.2) is 0 Å². The Hall–Kier alpha value is -1.06. The Bertz CT molecular complexity index is 448. The molecule has 0 aliphatic carbocycles. The summed E-state index contributed by atoms with van der Waals surface area (Å²) in [7, 11) is 0. The third-order valence-corrected chi connectivity index (χ3v) is 3.86. The SMILES string of the molecule is CCC(CO)CNc1csc2ccccc12. The van der Waals surface area contributed by atoms with E-state index >= 15 is 0 Å². The Kier molecular flexibility index (Phi) is 3.80. The summed E-state index contributed by atoms with van der Waals surface area (Å²) in [4.78, 5) is 0. The number of anilines is 1. The van der Waals surface area contributed by atoms with Crippen LogP contribution in [0.3, 0.4) is 0 Å². The van der Waals surface area contributed by atoms with Crippen LogP contribution >= 0.6 is 11.3 Å². The highest BCUT2D eigenvalue weighted by Crippen LogP contribution is 2.29. The molecule has 0 aliphatic rings. The molecule has 86 valence electrons. The summed E-state index contributed by atoms with van der Waals surface area (Å²) in [5.41, 5.74) is 1.19. The lowest BCUT2D eigenvalue weighted by Gasteiger charge is -2.12. The predicted molar refractivity (Wildman–Crippen MR) is 71.2 cm³/mol. The number of aliphatic hydroxyl groups is 1. The van der Waals surface area contributed by atoms with E-state index in [1.807, 2.05) is 0 Å². The van der Waals surface area contributed by atoms with Crippen LogP contribution in [0.5, 0.6) is 0 Å². The number of thiophene rings is 1. The van der Waals surface area contributed by atoms with Crippen LogP contribution in [0.15, 0.2) is 29.6 Å². The van der Waals surface area contributed by atoms with Crippen molar-refractivity contribution in [1.82, 2.24) is 0 Å². The standard InChI is InChI=1S/C13H17NOS/c1-2-10(8-15)7-14-12-9-16-13-6-4-3-5-11(12)13/h3-6,9-10,14-15H,2,7-8H2,1H3. The molecule has 0 saturated carbocycles. The fraction of sp³-hybridized carbons (Fsp3) is 0.385. The summed E-state index contributed by atoms with van der Waals surface area (Å²) >= 11 is 1.76. The van der Waals surface area contributed by atoms with Gasteiger partial charge in [-0.2, -0.15) is 0 Å². The summed E-state index contributed by atoms with van der Waals surface area (Å²) in [6, 6.07) is 8.39. The van der Waals surface area contributed by atoms with Gasteiger partial charge in [-0.3, -0.25) is 0 Å². The van der Waals surface area contributed by atoms with Crippen LogP contribution in [0.4, 0.5) is 5.69 Å². The Morgan fingerprint density at radius 2 is 2.19 bits per heavy atom. The van der Waals surface area contributed by atoms with Crippen molar-refractivity contribution in [1.29, 1.82) is 0 Å². The highest BCUT2D eigenvalue weighted by molar-refractivity contribution is 7.17. The van der Waals surface area contributed by atoms with Crippen LogP contribution in [-0.2, 0) is 0 Å². The van der Waals surface area contributed by atoms with Crippen LogP contribution in [0, 0.1) is 5.92 Å². The van der Waals surface area contributed by atoms with E-state index < -0.39 is 0 Å². The molecule has 16 heavy (non-hydrogen) atoms. The molecule has 0 amide bonds. The second-order valence-corrected chi connectivity index (χ2v) is 4.89. The Morgan fingerprint density at radius 1 is 1.38 bits per heavy atom. The first-order valence-electron chi connectivity index (χ1n) is 5.66. The molecule has 0 fully saturated rings. The van der Waals surface area contributed by atoms with E-state index in [1.54, 1.807) is 11.3 Å². The van der Waals surface area contributed by atoms with Crippen molar-refractivity contribution in [3.63, 3.8) is 0 Å². The average Bonchev–Trinajstić information content (AvgIpc) is 2.74. The molecule has 1 aromatic heterocycles. The highest BCUT2D eigenvalue weighted by Gasteiger charge is 2.06. The molecule has 0 saturated heterocycles. The van der Waals surface area contributed by atoms with Crippen molar-refractivity contribution < 1.29 is 5.11 Å². The molecule has 0 radical (unpaired) electrons. The molecule has 1 atom stereocenters. The molecule has 1 unspecified atom stereocenters. The summed E-state index contributed by atoms with van der Waals surface area (Å²) in [6.45, 7) is 3.20. The zero-order chi connectivity index (χ0) is 11.4. The van der Waals surface area contributed by atoms with E-state index in [0.29, 0.717) is 5.92 Å².